The maximum Gasteiger partial charge on any atom is 0.339 e. The minimum absolute atomic E-state index is 0.0872. The molecule has 32 heavy (non-hydrogen) atoms. The van der Waals surface area contributed by atoms with Crippen molar-refractivity contribution in [2.45, 2.75) is 18.8 Å². The van der Waals surface area contributed by atoms with Gasteiger partial charge in [-0.2, -0.15) is 4.98 Å². The van der Waals surface area contributed by atoms with Gasteiger partial charge in [0.2, 0.25) is 17.6 Å². The lowest BCUT2D eigenvalue weighted by Crippen LogP contribution is -2.39. The van der Waals surface area contributed by atoms with Crippen LogP contribution in [0.2, 0.25) is 0 Å². The van der Waals surface area contributed by atoms with Crippen LogP contribution in [0, 0.1) is 5.82 Å². The zero-order valence-electron chi connectivity index (χ0n) is 17.6. The van der Waals surface area contributed by atoms with Crippen LogP contribution in [0.25, 0.3) is 11.4 Å². The number of methoxy groups -OCH3 is 1. The van der Waals surface area contributed by atoms with E-state index in [2.05, 4.69) is 15.5 Å². The first-order chi connectivity index (χ1) is 15.5. The fourth-order valence-electron chi connectivity index (χ4n) is 3.76. The number of para-hydroxylation sites is 1. The van der Waals surface area contributed by atoms with Crippen LogP contribution < -0.4 is 5.32 Å². The highest BCUT2D eigenvalue weighted by Gasteiger charge is 2.26. The Labute approximate surface area is 184 Å². The summed E-state index contributed by atoms with van der Waals surface area (Å²) in [6.45, 7) is 1.59. The van der Waals surface area contributed by atoms with Crippen molar-refractivity contribution in [1.82, 2.24) is 15.0 Å². The Bertz CT molecular complexity index is 1110. The number of rotatable bonds is 6. The van der Waals surface area contributed by atoms with E-state index in [4.69, 9.17) is 9.26 Å². The number of likely N-dealkylation sites (tertiary alicyclic amines) is 1. The smallest absolute Gasteiger partial charge is 0.339 e. The molecule has 8 nitrogen and oxygen atoms in total. The van der Waals surface area contributed by atoms with E-state index in [0.29, 0.717) is 41.6 Å². The molecule has 1 aliphatic rings. The number of nitrogens with one attached hydrogen (secondary N) is 1. The molecule has 166 valence electrons. The Hall–Kier alpha value is -3.59. The molecule has 0 unspecified atom stereocenters. The van der Waals surface area contributed by atoms with Gasteiger partial charge in [-0.25, -0.2) is 9.18 Å². The second-order valence-electron chi connectivity index (χ2n) is 7.60. The van der Waals surface area contributed by atoms with Gasteiger partial charge in [-0.3, -0.25) is 9.69 Å². The van der Waals surface area contributed by atoms with Gasteiger partial charge < -0.3 is 14.6 Å². The number of amides is 1. The number of benzene rings is 2. The summed E-state index contributed by atoms with van der Waals surface area (Å²) in [5.74, 6) is -0.0744. The molecule has 3 aromatic rings. The minimum atomic E-state index is -0.501. The number of carbonyl (C=O) groups is 2. The molecular formula is C23H23FN4O4. The molecule has 1 aromatic heterocycles. The van der Waals surface area contributed by atoms with Gasteiger partial charge >= 0.3 is 5.97 Å². The third-order valence-corrected chi connectivity index (χ3v) is 5.44. The van der Waals surface area contributed by atoms with E-state index < -0.39 is 5.97 Å². The molecule has 1 saturated heterocycles. The summed E-state index contributed by atoms with van der Waals surface area (Å²) in [4.78, 5) is 30.8. The first-order valence-electron chi connectivity index (χ1n) is 10.3. The topological polar surface area (TPSA) is 97.6 Å². The van der Waals surface area contributed by atoms with Crippen LogP contribution in [0.15, 0.2) is 53.1 Å². The lowest BCUT2D eigenvalue weighted by atomic mass is 9.97. The third kappa shape index (κ3) is 5.00. The van der Waals surface area contributed by atoms with Crippen LogP contribution in [0.4, 0.5) is 10.1 Å². The largest absolute Gasteiger partial charge is 0.465 e. The molecule has 1 aliphatic heterocycles. The number of nitrogens with zero attached hydrogens (tertiary/aromatic N) is 3. The number of hydrogen-bond acceptors (Lipinski definition) is 7. The summed E-state index contributed by atoms with van der Waals surface area (Å²) in [5, 5.41) is 6.77. The summed E-state index contributed by atoms with van der Waals surface area (Å²) < 4.78 is 23.6. The fraction of sp³-hybridized carbons (Fsp3) is 0.304. The number of aromatic nitrogens is 2. The Morgan fingerprint density at radius 1 is 1.19 bits per heavy atom. The zero-order valence-corrected chi connectivity index (χ0v) is 17.6. The molecule has 0 aliphatic carbocycles. The molecule has 0 saturated carbocycles. The van der Waals surface area contributed by atoms with Crippen molar-refractivity contribution in [2.75, 3.05) is 32.1 Å². The van der Waals surface area contributed by atoms with E-state index in [1.807, 2.05) is 4.90 Å². The monoisotopic (exact) mass is 438 g/mol. The van der Waals surface area contributed by atoms with Crippen molar-refractivity contribution in [3.8, 4) is 11.4 Å². The molecule has 1 fully saturated rings. The second kappa shape index (κ2) is 9.69. The van der Waals surface area contributed by atoms with Gasteiger partial charge in [-0.15, -0.1) is 0 Å². The minimum Gasteiger partial charge on any atom is -0.465 e. The average molecular weight is 438 g/mol. The van der Waals surface area contributed by atoms with Gasteiger partial charge in [-0.1, -0.05) is 29.4 Å². The molecular weight excluding hydrogens is 415 g/mol. The number of hydrogen-bond donors (Lipinski definition) is 1. The molecule has 1 amide bonds. The van der Waals surface area contributed by atoms with Crippen LogP contribution in [0.1, 0.15) is 35.0 Å². The van der Waals surface area contributed by atoms with E-state index >= 15 is 0 Å². The number of ether oxygens (including phenoxy) is 1. The van der Waals surface area contributed by atoms with Crippen LogP contribution >= 0.6 is 0 Å². The standard InChI is InChI=1S/C23H23FN4O4/c1-31-23(30)18-7-2-3-8-19(18)25-20(29)14-28-11-9-15(10-12-28)22-26-21(27-32-22)16-5-4-6-17(24)13-16/h2-8,13,15H,9-12,14H2,1H3,(H,25,29). The van der Waals surface area contributed by atoms with Crippen LogP contribution in [-0.4, -0.2) is 53.7 Å². The quantitative estimate of drug-likeness (QED) is 0.589. The molecule has 0 atom stereocenters. The van der Waals surface area contributed by atoms with Crippen molar-refractivity contribution in [1.29, 1.82) is 0 Å². The molecule has 2 aromatic carbocycles. The lowest BCUT2D eigenvalue weighted by Gasteiger charge is -2.29. The molecule has 4 rings (SSSR count). The summed E-state index contributed by atoms with van der Waals surface area (Å²) in [7, 11) is 1.30. The molecule has 0 spiro atoms. The first kappa shape index (κ1) is 21.6. The van der Waals surface area contributed by atoms with Crippen molar-refractivity contribution >= 4 is 17.6 Å². The first-order valence-corrected chi connectivity index (χ1v) is 10.3. The van der Waals surface area contributed by atoms with Gasteiger partial charge in [0, 0.05) is 11.5 Å². The van der Waals surface area contributed by atoms with Crippen LogP contribution in [-0.2, 0) is 9.53 Å². The molecule has 1 N–H and O–H groups in total. The van der Waals surface area contributed by atoms with Crippen LogP contribution in [0.3, 0.4) is 0 Å². The summed E-state index contributed by atoms with van der Waals surface area (Å²) >= 11 is 0. The fourth-order valence-corrected chi connectivity index (χ4v) is 3.76. The predicted octanol–water partition coefficient (Wildman–Crippen LogP) is 3.48. The van der Waals surface area contributed by atoms with E-state index in [-0.39, 0.29) is 24.2 Å². The summed E-state index contributed by atoms with van der Waals surface area (Å²) in [6, 6.07) is 12.8. The summed E-state index contributed by atoms with van der Waals surface area (Å²) in [6.07, 6.45) is 1.52. The molecule has 0 radical (unpaired) electrons. The third-order valence-electron chi connectivity index (χ3n) is 5.44. The molecule has 2 heterocycles. The SMILES string of the molecule is COC(=O)c1ccccc1NC(=O)CN1CCC(c2nc(-c3cccc(F)c3)no2)CC1. The highest BCUT2D eigenvalue weighted by Crippen LogP contribution is 2.28. The van der Waals surface area contributed by atoms with Crippen molar-refractivity contribution in [3.05, 3.63) is 65.8 Å². The van der Waals surface area contributed by atoms with Crippen molar-refractivity contribution in [2.24, 2.45) is 0 Å². The number of anilines is 1. The number of esters is 1. The van der Waals surface area contributed by atoms with Crippen molar-refractivity contribution < 1.29 is 23.2 Å². The molecule has 9 heteroatoms. The number of carbonyl (C=O) groups excluding carboxylic acids is 2. The maximum absolute atomic E-state index is 13.4. The van der Waals surface area contributed by atoms with Gasteiger partial charge in [-0.05, 0) is 50.2 Å². The normalized spacial score (nSPS) is 14.8. The highest BCUT2D eigenvalue weighted by molar-refractivity contribution is 6.01. The van der Waals surface area contributed by atoms with E-state index in [1.165, 1.54) is 19.2 Å². The highest BCUT2D eigenvalue weighted by atomic mass is 19.1. The van der Waals surface area contributed by atoms with Gasteiger partial charge in [0.05, 0.1) is 24.9 Å². The lowest BCUT2D eigenvalue weighted by molar-refractivity contribution is -0.117. The van der Waals surface area contributed by atoms with E-state index in [9.17, 15) is 14.0 Å². The maximum atomic E-state index is 13.4. The van der Waals surface area contributed by atoms with Crippen molar-refractivity contribution in [3.63, 3.8) is 0 Å². The van der Waals surface area contributed by atoms with Gasteiger partial charge in [0.15, 0.2) is 0 Å². The van der Waals surface area contributed by atoms with Crippen LogP contribution in [0.5, 0.6) is 0 Å². The number of halogens is 1. The average Bonchev–Trinajstić information content (AvgIpc) is 3.30. The Kier molecular flexibility index (Phi) is 6.55. The summed E-state index contributed by atoms with van der Waals surface area (Å²) in [5.41, 5.74) is 1.31. The Morgan fingerprint density at radius 3 is 2.72 bits per heavy atom. The Balaban J connectivity index is 1.31. The van der Waals surface area contributed by atoms with Gasteiger partial charge in [0.1, 0.15) is 5.82 Å². The number of piperidine rings is 1. The van der Waals surface area contributed by atoms with E-state index in [1.54, 1.807) is 36.4 Å². The molecule has 0 bridgehead atoms. The van der Waals surface area contributed by atoms with E-state index in [0.717, 1.165) is 12.8 Å². The zero-order chi connectivity index (χ0) is 22.5. The Morgan fingerprint density at radius 2 is 1.97 bits per heavy atom. The second-order valence-corrected chi connectivity index (χ2v) is 7.60. The predicted molar refractivity (Wildman–Crippen MR) is 115 cm³/mol. The van der Waals surface area contributed by atoms with Gasteiger partial charge in [0.25, 0.3) is 0 Å².